The number of hydrogen-bond donors (Lipinski definition) is 2. The van der Waals surface area contributed by atoms with Crippen LogP contribution in [0.1, 0.15) is 12.5 Å². The highest BCUT2D eigenvalue weighted by Gasteiger charge is 1.97. The summed E-state index contributed by atoms with van der Waals surface area (Å²) < 4.78 is 0. The van der Waals surface area contributed by atoms with E-state index in [9.17, 15) is 4.79 Å². The number of nitrogens with one attached hydrogen (secondary N) is 2. The van der Waals surface area contributed by atoms with E-state index in [-0.39, 0.29) is 5.91 Å². The van der Waals surface area contributed by atoms with Gasteiger partial charge in [-0.25, -0.2) is 0 Å². The first-order chi connectivity index (χ1) is 9.13. The second kappa shape index (κ2) is 6.25. The highest BCUT2D eigenvalue weighted by Crippen LogP contribution is 2.16. The molecule has 0 aliphatic carbocycles. The maximum absolute atomic E-state index is 10.9. The number of rotatable bonds is 4. The molecule has 0 heterocycles. The van der Waals surface area contributed by atoms with Crippen LogP contribution in [0.25, 0.3) is 0 Å². The van der Waals surface area contributed by atoms with Gasteiger partial charge in [-0.05, 0) is 35.9 Å². The Labute approximate surface area is 117 Å². The Hall–Kier alpha value is -2.00. The van der Waals surface area contributed by atoms with Crippen LogP contribution in [0.3, 0.4) is 0 Å². The third-order valence-corrected chi connectivity index (χ3v) is 2.83. The first-order valence-electron chi connectivity index (χ1n) is 5.99. The predicted molar refractivity (Wildman–Crippen MR) is 79.5 cm³/mol. The average molecular weight is 275 g/mol. The van der Waals surface area contributed by atoms with Gasteiger partial charge in [-0.3, -0.25) is 4.79 Å². The molecule has 0 spiro atoms. The fourth-order valence-electron chi connectivity index (χ4n) is 1.71. The summed E-state index contributed by atoms with van der Waals surface area (Å²) >= 11 is 5.92. The zero-order valence-electron chi connectivity index (χ0n) is 10.6. The van der Waals surface area contributed by atoms with Gasteiger partial charge in [0, 0.05) is 29.9 Å². The molecule has 2 aromatic rings. The molecule has 0 saturated carbocycles. The molecule has 98 valence electrons. The monoisotopic (exact) mass is 274 g/mol. The number of benzene rings is 2. The minimum absolute atomic E-state index is 0.0650. The van der Waals surface area contributed by atoms with E-state index in [1.807, 2.05) is 48.5 Å². The van der Waals surface area contributed by atoms with Crippen molar-refractivity contribution in [3.8, 4) is 0 Å². The summed E-state index contributed by atoms with van der Waals surface area (Å²) in [5, 5.41) is 6.74. The maximum Gasteiger partial charge on any atom is 0.221 e. The lowest BCUT2D eigenvalue weighted by Gasteiger charge is -2.08. The maximum atomic E-state index is 10.9. The van der Waals surface area contributed by atoms with Crippen molar-refractivity contribution in [2.75, 3.05) is 10.6 Å². The van der Waals surface area contributed by atoms with E-state index in [1.54, 1.807) is 0 Å². The molecule has 1 amide bonds. The first-order valence-corrected chi connectivity index (χ1v) is 6.37. The van der Waals surface area contributed by atoms with Gasteiger partial charge in [0.15, 0.2) is 0 Å². The SMILES string of the molecule is CC(=O)Nc1ccc(CNc2cccc(Cl)c2)cc1. The lowest BCUT2D eigenvalue weighted by molar-refractivity contribution is -0.114. The van der Waals surface area contributed by atoms with Crippen LogP contribution in [0.5, 0.6) is 0 Å². The molecule has 3 nitrogen and oxygen atoms in total. The Bertz CT molecular complexity index is 567. The molecular formula is C15H15ClN2O. The molecule has 0 saturated heterocycles. The normalized spacial score (nSPS) is 10.0. The van der Waals surface area contributed by atoms with Gasteiger partial charge in [0.25, 0.3) is 0 Å². The lowest BCUT2D eigenvalue weighted by atomic mass is 10.2. The predicted octanol–water partition coefficient (Wildman–Crippen LogP) is 3.91. The number of amides is 1. The van der Waals surface area contributed by atoms with Gasteiger partial charge < -0.3 is 10.6 Å². The summed E-state index contributed by atoms with van der Waals surface area (Å²) in [6.07, 6.45) is 0. The molecule has 19 heavy (non-hydrogen) atoms. The molecule has 0 fully saturated rings. The van der Waals surface area contributed by atoms with Crippen molar-refractivity contribution in [1.82, 2.24) is 0 Å². The molecule has 0 aliphatic rings. The largest absolute Gasteiger partial charge is 0.381 e. The number of hydrogen-bond acceptors (Lipinski definition) is 2. The van der Waals surface area contributed by atoms with E-state index in [4.69, 9.17) is 11.6 Å². The van der Waals surface area contributed by atoms with Crippen molar-refractivity contribution in [2.24, 2.45) is 0 Å². The molecule has 2 aromatic carbocycles. The summed E-state index contributed by atoms with van der Waals surface area (Å²) in [5.41, 5.74) is 2.92. The second-order valence-corrected chi connectivity index (χ2v) is 4.68. The van der Waals surface area contributed by atoms with Crippen molar-refractivity contribution in [3.05, 3.63) is 59.1 Å². The number of halogens is 1. The van der Waals surface area contributed by atoms with Crippen molar-refractivity contribution < 1.29 is 4.79 Å². The summed E-state index contributed by atoms with van der Waals surface area (Å²) in [4.78, 5) is 10.9. The van der Waals surface area contributed by atoms with Gasteiger partial charge in [-0.1, -0.05) is 29.8 Å². The Morgan fingerprint density at radius 1 is 1.11 bits per heavy atom. The first kappa shape index (κ1) is 13.4. The lowest BCUT2D eigenvalue weighted by Crippen LogP contribution is -2.06. The quantitative estimate of drug-likeness (QED) is 0.887. The number of carbonyl (C=O) groups is 1. The molecule has 0 bridgehead atoms. The minimum Gasteiger partial charge on any atom is -0.381 e. The van der Waals surface area contributed by atoms with Crippen LogP contribution in [0.15, 0.2) is 48.5 Å². The van der Waals surface area contributed by atoms with Gasteiger partial charge in [0.1, 0.15) is 0 Å². The molecule has 0 aromatic heterocycles. The summed E-state index contributed by atoms with van der Waals surface area (Å²) in [7, 11) is 0. The van der Waals surface area contributed by atoms with Crippen LogP contribution in [-0.4, -0.2) is 5.91 Å². The van der Waals surface area contributed by atoms with Crippen LogP contribution in [0, 0.1) is 0 Å². The standard InChI is InChI=1S/C15H15ClN2O/c1-11(19)18-14-7-5-12(6-8-14)10-17-15-4-2-3-13(16)9-15/h2-9,17H,10H2,1H3,(H,18,19). The van der Waals surface area contributed by atoms with E-state index in [0.29, 0.717) is 11.6 Å². The van der Waals surface area contributed by atoms with Crippen molar-refractivity contribution in [3.63, 3.8) is 0 Å². The van der Waals surface area contributed by atoms with Crippen LogP contribution in [0.4, 0.5) is 11.4 Å². The van der Waals surface area contributed by atoms with Gasteiger partial charge in [0.05, 0.1) is 0 Å². The number of anilines is 2. The molecule has 0 unspecified atom stereocenters. The third kappa shape index (κ3) is 4.30. The fourth-order valence-corrected chi connectivity index (χ4v) is 1.90. The van der Waals surface area contributed by atoms with Gasteiger partial charge >= 0.3 is 0 Å². The second-order valence-electron chi connectivity index (χ2n) is 4.24. The van der Waals surface area contributed by atoms with E-state index in [2.05, 4.69) is 10.6 Å². The summed E-state index contributed by atoms with van der Waals surface area (Å²) in [6.45, 7) is 2.20. The summed E-state index contributed by atoms with van der Waals surface area (Å²) in [6, 6.07) is 15.3. The van der Waals surface area contributed by atoms with Crippen molar-refractivity contribution in [2.45, 2.75) is 13.5 Å². The van der Waals surface area contributed by atoms with Crippen molar-refractivity contribution >= 4 is 28.9 Å². The van der Waals surface area contributed by atoms with Crippen LogP contribution in [0.2, 0.25) is 5.02 Å². The zero-order chi connectivity index (χ0) is 13.7. The van der Waals surface area contributed by atoms with Crippen molar-refractivity contribution in [1.29, 1.82) is 0 Å². The highest BCUT2D eigenvalue weighted by molar-refractivity contribution is 6.30. The zero-order valence-corrected chi connectivity index (χ0v) is 11.4. The van der Waals surface area contributed by atoms with E-state index in [1.165, 1.54) is 6.92 Å². The molecule has 2 rings (SSSR count). The Morgan fingerprint density at radius 2 is 1.84 bits per heavy atom. The van der Waals surface area contributed by atoms with Crippen LogP contribution in [-0.2, 0) is 11.3 Å². The van der Waals surface area contributed by atoms with Gasteiger partial charge in [0.2, 0.25) is 5.91 Å². The highest BCUT2D eigenvalue weighted by atomic mass is 35.5. The number of carbonyl (C=O) groups excluding carboxylic acids is 1. The average Bonchev–Trinajstić information content (AvgIpc) is 2.37. The van der Waals surface area contributed by atoms with E-state index >= 15 is 0 Å². The van der Waals surface area contributed by atoms with Gasteiger partial charge in [-0.2, -0.15) is 0 Å². The molecule has 0 aliphatic heterocycles. The smallest absolute Gasteiger partial charge is 0.221 e. The molecule has 0 radical (unpaired) electrons. The van der Waals surface area contributed by atoms with E-state index in [0.717, 1.165) is 16.9 Å². The Kier molecular flexibility index (Phi) is 4.42. The Morgan fingerprint density at radius 3 is 2.47 bits per heavy atom. The van der Waals surface area contributed by atoms with Gasteiger partial charge in [-0.15, -0.1) is 0 Å². The third-order valence-electron chi connectivity index (χ3n) is 2.60. The molecule has 2 N–H and O–H groups in total. The summed E-state index contributed by atoms with van der Waals surface area (Å²) in [5.74, 6) is -0.0650. The topological polar surface area (TPSA) is 41.1 Å². The molecule has 4 heteroatoms. The Balaban J connectivity index is 1.94. The van der Waals surface area contributed by atoms with E-state index < -0.39 is 0 Å². The molecular weight excluding hydrogens is 260 g/mol. The fraction of sp³-hybridized carbons (Fsp3) is 0.133. The minimum atomic E-state index is -0.0650. The molecule has 0 atom stereocenters. The van der Waals surface area contributed by atoms with Crippen LogP contribution < -0.4 is 10.6 Å². The van der Waals surface area contributed by atoms with Crippen LogP contribution >= 0.6 is 11.6 Å².